The summed E-state index contributed by atoms with van der Waals surface area (Å²) >= 11 is 0. The summed E-state index contributed by atoms with van der Waals surface area (Å²) in [6.45, 7) is 0. The van der Waals surface area contributed by atoms with Gasteiger partial charge in [-0.25, -0.2) is 0 Å². The molecule has 1 aliphatic heterocycles. The zero-order valence-electron chi connectivity index (χ0n) is 15.8. The molecule has 29 heavy (non-hydrogen) atoms. The zero-order valence-corrected chi connectivity index (χ0v) is 15.8. The molecule has 0 bridgehead atoms. The molecule has 6 rings (SSSR count). The highest BCUT2D eigenvalue weighted by Gasteiger charge is 2.43. The topological polar surface area (TPSA) is 12.0 Å². The number of anilines is 1. The number of benzene rings is 3. The van der Waals surface area contributed by atoms with Crippen LogP contribution in [0.5, 0.6) is 0 Å². The van der Waals surface area contributed by atoms with E-state index in [0.29, 0.717) is 0 Å². The lowest BCUT2D eigenvalue weighted by atomic mass is 9.75. The number of rotatable bonds is 1. The molecule has 0 amide bonds. The average Bonchev–Trinajstić information content (AvgIpc) is 3.35. The molecule has 3 aliphatic rings. The van der Waals surface area contributed by atoms with E-state index in [2.05, 4.69) is 47.8 Å². The third-order valence-corrected chi connectivity index (χ3v) is 6.95. The molecule has 0 spiro atoms. The Kier molecular flexibility index (Phi) is 3.48. The predicted molar refractivity (Wildman–Crippen MR) is 109 cm³/mol. The van der Waals surface area contributed by atoms with Crippen LogP contribution < -0.4 is 5.32 Å². The van der Waals surface area contributed by atoms with Crippen molar-refractivity contribution < 1.29 is 13.2 Å². The smallest absolute Gasteiger partial charge is 0.377 e. The van der Waals surface area contributed by atoms with Crippen LogP contribution in [0.3, 0.4) is 0 Å². The Morgan fingerprint density at radius 2 is 1.66 bits per heavy atom. The highest BCUT2D eigenvalue weighted by Crippen LogP contribution is 2.53. The van der Waals surface area contributed by atoms with Crippen molar-refractivity contribution in [3.63, 3.8) is 0 Å². The van der Waals surface area contributed by atoms with Gasteiger partial charge in [0.15, 0.2) is 0 Å². The Balaban J connectivity index is 1.56. The van der Waals surface area contributed by atoms with Crippen molar-refractivity contribution >= 4 is 16.5 Å². The number of hydrogen-bond acceptors (Lipinski definition) is 1. The first-order chi connectivity index (χ1) is 14.0. The molecule has 0 saturated heterocycles. The van der Waals surface area contributed by atoms with E-state index in [1.807, 2.05) is 6.07 Å². The van der Waals surface area contributed by atoms with Crippen LogP contribution in [0.4, 0.5) is 18.9 Å². The SMILES string of the molecule is FC(F)(F)c1cccc2c1N[C@@H](c1ccc3c4c(cccc14)CC3)[C@H]1CC=C[C@@H]21. The molecule has 0 radical (unpaired) electrons. The minimum absolute atomic E-state index is 0.0154. The number of halogens is 3. The largest absolute Gasteiger partial charge is 0.418 e. The summed E-state index contributed by atoms with van der Waals surface area (Å²) in [5.74, 6) is 0.242. The van der Waals surface area contributed by atoms with E-state index in [9.17, 15) is 13.2 Å². The van der Waals surface area contributed by atoms with Crippen molar-refractivity contribution in [3.05, 3.63) is 88.5 Å². The molecular formula is C25H20F3N. The molecule has 0 fully saturated rings. The molecule has 1 heterocycles. The summed E-state index contributed by atoms with van der Waals surface area (Å²) in [4.78, 5) is 0. The van der Waals surface area contributed by atoms with Crippen molar-refractivity contribution in [1.82, 2.24) is 0 Å². The molecule has 2 aliphatic carbocycles. The van der Waals surface area contributed by atoms with Crippen molar-refractivity contribution in [2.75, 3.05) is 5.32 Å². The van der Waals surface area contributed by atoms with Crippen LogP contribution in [0.15, 0.2) is 60.7 Å². The number of para-hydroxylation sites is 1. The summed E-state index contributed by atoms with van der Waals surface area (Å²) in [6.07, 6.45) is 2.81. The summed E-state index contributed by atoms with van der Waals surface area (Å²) in [5, 5.41) is 5.85. The van der Waals surface area contributed by atoms with E-state index >= 15 is 0 Å². The quantitative estimate of drug-likeness (QED) is 0.451. The van der Waals surface area contributed by atoms with Gasteiger partial charge in [-0.05, 0) is 64.3 Å². The van der Waals surface area contributed by atoms with Gasteiger partial charge in [0.05, 0.1) is 17.3 Å². The second kappa shape index (κ2) is 5.88. The second-order valence-corrected chi connectivity index (χ2v) is 8.40. The van der Waals surface area contributed by atoms with E-state index in [4.69, 9.17) is 0 Å². The Hall–Kier alpha value is -2.75. The summed E-state index contributed by atoms with van der Waals surface area (Å²) < 4.78 is 41.3. The van der Waals surface area contributed by atoms with Crippen molar-refractivity contribution in [2.45, 2.75) is 37.4 Å². The minimum atomic E-state index is -4.37. The zero-order chi connectivity index (χ0) is 19.8. The molecule has 0 saturated carbocycles. The van der Waals surface area contributed by atoms with E-state index in [1.165, 1.54) is 34.0 Å². The van der Waals surface area contributed by atoms with Gasteiger partial charge in [-0.1, -0.05) is 54.6 Å². The Morgan fingerprint density at radius 1 is 0.862 bits per heavy atom. The highest BCUT2D eigenvalue weighted by atomic mass is 19.4. The lowest BCUT2D eigenvalue weighted by molar-refractivity contribution is -0.137. The van der Waals surface area contributed by atoms with Crippen LogP contribution in [-0.2, 0) is 19.0 Å². The fourth-order valence-corrected chi connectivity index (χ4v) is 5.71. The van der Waals surface area contributed by atoms with E-state index in [1.54, 1.807) is 0 Å². The van der Waals surface area contributed by atoms with Gasteiger partial charge in [0.2, 0.25) is 0 Å². The molecule has 146 valence electrons. The summed E-state index contributed by atoms with van der Waals surface area (Å²) in [5.41, 5.74) is 4.28. The lowest BCUT2D eigenvalue weighted by Gasteiger charge is -2.39. The number of alkyl halides is 3. The van der Waals surface area contributed by atoms with Gasteiger partial charge in [0.1, 0.15) is 0 Å². The Labute approximate surface area is 167 Å². The normalized spacial score (nSPS) is 24.4. The van der Waals surface area contributed by atoms with Crippen LogP contribution in [0.2, 0.25) is 0 Å². The molecule has 3 aromatic carbocycles. The van der Waals surface area contributed by atoms with E-state index in [-0.39, 0.29) is 23.6 Å². The van der Waals surface area contributed by atoms with Crippen LogP contribution in [0, 0.1) is 5.92 Å². The molecule has 1 N–H and O–H groups in total. The first-order valence-electron chi connectivity index (χ1n) is 10.2. The summed E-state index contributed by atoms with van der Waals surface area (Å²) in [7, 11) is 0. The molecule has 1 nitrogen and oxygen atoms in total. The third-order valence-electron chi connectivity index (χ3n) is 6.95. The predicted octanol–water partition coefficient (Wildman–Crippen LogP) is 6.78. The fraction of sp³-hybridized carbons (Fsp3) is 0.280. The first kappa shape index (κ1) is 17.1. The molecule has 3 aromatic rings. The molecule has 4 heteroatoms. The van der Waals surface area contributed by atoms with Gasteiger partial charge < -0.3 is 5.32 Å². The number of aryl methyl sites for hydroxylation is 2. The van der Waals surface area contributed by atoms with Gasteiger partial charge in [0, 0.05) is 5.92 Å². The maximum Gasteiger partial charge on any atom is 0.418 e. The monoisotopic (exact) mass is 391 g/mol. The van der Waals surface area contributed by atoms with Crippen molar-refractivity contribution in [3.8, 4) is 0 Å². The van der Waals surface area contributed by atoms with E-state index in [0.717, 1.165) is 30.4 Å². The Morgan fingerprint density at radius 3 is 2.48 bits per heavy atom. The Bertz CT molecular complexity index is 1160. The van der Waals surface area contributed by atoms with Crippen LogP contribution in [-0.4, -0.2) is 0 Å². The van der Waals surface area contributed by atoms with Gasteiger partial charge >= 0.3 is 6.18 Å². The van der Waals surface area contributed by atoms with Gasteiger partial charge in [0.25, 0.3) is 0 Å². The number of allylic oxidation sites excluding steroid dienone is 2. The third kappa shape index (κ3) is 2.41. The van der Waals surface area contributed by atoms with Crippen LogP contribution in [0.1, 0.15) is 46.2 Å². The first-order valence-corrected chi connectivity index (χ1v) is 10.2. The fourth-order valence-electron chi connectivity index (χ4n) is 5.71. The minimum Gasteiger partial charge on any atom is -0.377 e. The molecule has 0 unspecified atom stereocenters. The van der Waals surface area contributed by atoms with Gasteiger partial charge in [-0.2, -0.15) is 13.2 Å². The van der Waals surface area contributed by atoms with Crippen LogP contribution in [0.25, 0.3) is 10.8 Å². The highest BCUT2D eigenvalue weighted by molar-refractivity contribution is 5.94. The summed E-state index contributed by atoms with van der Waals surface area (Å²) in [6, 6.07) is 15.1. The standard InChI is InChI=1S/C25H20F3N/c26-25(27,28)21-9-3-8-19-16-5-2-7-18(16)23(29-24(19)21)20-13-12-15-11-10-14-4-1-6-17(20)22(14)15/h1-6,8-9,12-13,16,18,23,29H,7,10-11H2/t16-,18+,23-/m1/s1. The van der Waals surface area contributed by atoms with Crippen molar-refractivity contribution in [2.24, 2.45) is 5.92 Å². The average molecular weight is 391 g/mol. The molecule has 3 atom stereocenters. The molecular weight excluding hydrogens is 371 g/mol. The van der Waals surface area contributed by atoms with Gasteiger partial charge in [-0.15, -0.1) is 0 Å². The lowest BCUT2D eigenvalue weighted by Crippen LogP contribution is -2.31. The maximum atomic E-state index is 13.8. The number of fused-ring (bicyclic) bond motifs is 3. The number of hydrogen-bond donors (Lipinski definition) is 1. The van der Waals surface area contributed by atoms with Crippen LogP contribution >= 0.6 is 0 Å². The molecule has 0 aromatic heterocycles. The van der Waals surface area contributed by atoms with Crippen molar-refractivity contribution in [1.29, 1.82) is 0 Å². The second-order valence-electron chi connectivity index (χ2n) is 8.40. The van der Waals surface area contributed by atoms with Gasteiger partial charge in [-0.3, -0.25) is 0 Å². The maximum absolute atomic E-state index is 13.8. The van der Waals surface area contributed by atoms with E-state index < -0.39 is 11.7 Å². The number of nitrogens with one attached hydrogen (secondary N) is 1.